The fourth-order valence-corrected chi connectivity index (χ4v) is 1.92. The van der Waals surface area contributed by atoms with Gasteiger partial charge in [0.05, 0.1) is 11.0 Å². The molecule has 0 saturated heterocycles. The van der Waals surface area contributed by atoms with Crippen LogP contribution in [0.2, 0.25) is 0 Å². The van der Waals surface area contributed by atoms with Gasteiger partial charge in [-0.15, -0.1) is 0 Å². The molecule has 5 nitrogen and oxygen atoms in total. The maximum absolute atomic E-state index is 11.1. The fraction of sp³-hybridized carbons (Fsp3) is 0.333. The molecule has 3 N–H and O–H groups in total. The third kappa shape index (κ3) is 1.73. The van der Waals surface area contributed by atoms with Crippen LogP contribution in [0.1, 0.15) is 26.3 Å². The van der Waals surface area contributed by atoms with Crippen LogP contribution in [0.5, 0.6) is 0 Å². The number of nitrogen functional groups attached to an aromatic ring is 1. The van der Waals surface area contributed by atoms with Gasteiger partial charge in [0.15, 0.2) is 0 Å². The van der Waals surface area contributed by atoms with E-state index in [1.165, 1.54) is 0 Å². The van der Waals surface area contributed by atoms with Gasteiger partial charge in [0.1, 0.15) is 0 Å². The van der Waals surface area contributed by atoms with Crippen molar-refractivity contribution in [1.29, 1.82) is 0 Å². The molecule has 1 heterocycles. The number of imidazole rings is 1. The smallest absolute Gasteiger partial charge is 0.418 e. The van der Waals surface area contributed by atoms with Gasteiger partial charge in [-0.25, -0.2) is 14.3 Å². The molecule has 0 amide bonds. The number of carbonyl (C=O) groups is 1. The number of hydrogen-bond donors (Lipinski definition) is 2. The molecule has 2 rings (SSSR count). The normalized spacial score (nSPS) is 11.9. The number of benzene rings is 1. The summed E-state index contributed by atoms with van der Waals surface area (Å²) in [6, 6.07) is 5.48. The van der Waals surface area contributed by atoms with Crippen molar-refractivity contribution in [3.8, 4) is 0 Å². The zero-order valence-electron chi connectivity index (χ0n) is 10.1. The van der Waals surface area contributed by atoms with E-state index in [2.05, 4.69) is 25.8 Å². The predicted molar refractivity (Wildman–Crippen MR) is 66.3 cm³/mol. The molecule has 90 valence electrons. The molecule has 0 fully saturated rings. The van der Waals surface area contributed by atoms with Crippen molar-refractivity contribution in [3.63, 3.8) is 0 Å². The second kappa shape index (κ2) is 3.48. The fourth-order valence-electron chi connectivity index (χ4n) is 1.92. The van der Waals surface area contributed by atoms with Gasteiger partial charge in [0.25, 0.3) is 0 Å². The highest BCUT2D eigenvalue weighted by Crippen LogP contribution is 2.30. The number of carboxylic acid groups (broad SMARTS) is 1. The monoisotopic (exact) mass is 233 g/mol. The maximum atomic E-state index is 11.1. The topological polar surface area (TPSA) is 81.1 Å². The molecule has 17 heavy (non-hydrogen) atoms. The zero-order chi connectivity index (χ0) is 12.8. The molecule has 0 saturated carbocycles. The Morgan fingerprint density at radius 3 is 2.59 bits per heavy atom. The molecule has 0 bridgehead atoms. The largest absolute Gasteiger partial charge is 0.464 e. The molecular weight excluding hydrogens is 218 g/mol. The van der Waals surface area contributed by atoms with Gasteiger partial charge in [-0.3, -0.25) is 0 Å². The average Bonchev–Trinajstić information content (AvgIpc) is 2.51. The number of anilines is 1. The number of nitrogens with two attached hydrogens (primary N) is 1. The van der Waals surface area contributed by atoms with Gasteiger partial charge in [-0.2, -0.15) is 0 Å². The first kappa shape index (κ1) is 11.4. The number of fused-ring (bicyclic) bond motifs is 1. The summed E-state index contributed by atoms with van der Waals surface area (Å²) in [5, 5.41) is 9.09. The van der Waals surface area contributed by atoms with Crippen molar-refractivity contribution in [2.45, 2.75) is 26.2 Å². The van der Waals surface area contributed by atoms with E-state index in [1.54, 1.807) is 6.07 Å². The molecule has 1 aromatic heterocycles. The summed E-state index contributed by atoms with van der Waals surface area (Å²) in [6.45, 7) is 6.16. The van der Waals surface area contributed by atoms with E-state index in [0.29, 0.717) is 11.0 Å². The van der Waals surface area contributed by atoms with Crippen LogP contribution >= 0.6 is 0 Å². The maximum Gasteiger partial charge on any atom is 0.418 e. The van der Waals surface area contributed by atoms with Gasteiger partial charge >= 0.3 is 6.09 Å². The third-order valence-electron chi connectivity index (χ3n) is 2.71. The van der Waals surface area contributed by atoms with Gasteiger partial charge < -0.3 is 10.8 Å². The Bertz CT molecular complexity index is 594. The van der Waals surface area contributed by atoms with Crippen LogP contribution in [0.15, 0.2) is 18.2 Å². The zero-order valence-corrected chi connectivity index (χ0v) is 10.1. The molecule has 0 atom stereocenters. The molecule has 5 heteroatoms. The van der Waals surface area contributed by atoms with E-state index >= 15 is 0 Å². The van der Waals surface area contributed by atoms with Gasteiger partial charge in [-0.1, -0.05) is 32.9 Å². The lowest BCUT2D eigenvalue weighted by Gasteiger charge is -2.19. The van der Waals surface area contributed by atoms with Crippen molar-refractivity contribution in [2.24, 2.45) is 0 Å². The molecule has 0 aliphatic carbocycles. The summed E-state index contributed by atoms with van der Waals surface area (Å²) in [5.41, 5.74) is 7.70. The van der Waals surface area contributed by atoms with E-state index in [0.717, 1.165) is 10.1 Å². The number of aromatic nitrogens is 2. The van der Waals surface area contributed by atoms with Crippen molar-refractivity contribution in [2.75, 3.05) is 5.73 Å². The van der Waals surface area contributed by atoms with Crippen LogP contribution in [-0.2, 0) is 5.41 Å². The molecule has 2 aromatic rings. The van der Waals surface area contributed by atoms with Crippen LogP contribution in [0, 0.1) is 0 Å². The van der Waals surface area contributed by atoms with Crippen LogP contribution in [0.3, 0.4) is 0 Å². The summed E-state index contributed by atoms with van der Waals surface area (Å²) in [5.74, 6) is 0.00389. The van der Waals surface area contributed by atoms with Crippen LogP contribution in [0.4, 0.5) is 10.7 Å². The van der Waals surface area contributed by atoms with Crippen LogP contribution in [0.25, 0.3) is 11.0 Å². The van der Waals surface area contributed by atoms with E-state index in [1.807, 2.05) is 12.1 Å². The summed E-state index contributed by atoms with van der Waals surface area (Å²) in [7, 11) is 0. The Morgan fingerprint density at radius 1 is 1.41 bits per heavy atom. The highest BCUT2D eigenvalue weighted by molar-refractivity contribution is 5.91. The predicted octanol–water partition coefficient (Wildman–Crippen LogP) is 2.44. The van der Waals surface area contributed by atoms with Gasteiger partial charge in [0, 0.05) is 0 Å². The van der Waals surface area contributed by atoms with E-state index in [9.17, 15) is 4.79 Å². The summed E-state index contributed by atoms with van der Waals surface area (Å²) < 4.78 is 1.00. The summed E-state index contributed by atoms with van der Waals surface area (Å²) in [4.78, 5) is 15.3. The minimum absolute atomic E-state index is 0.00389. The minimum Gasteiger partial charge on any atom is -0.464 e. The number of para-hydroxylation sites is 1. The van der Waals surface area contributed by atoms with Crippen LogP contribution < -0.4 is 5.73 Å². The highest BCUT2D eigenvalue weighted by atomic mass is 16.4. The van der Waals surface area contributed by atoms with Crippen molar-refractivity contribution < 1.29 is 9.90 Å². The van der Waals surface area contributed by atoms with Crippen molar-refractivity contribution in [3.05, 3.63) is 23.8 Å². The lowest BCUT2D eigenvalue weighted by molar-refractivity contribution is 0.198. The van der Waals surface area contributed by atoms with Gasteiger partial charge in [0.2, 0.25) is 5.95 Å². The van der Waals surface area contributed by atoms with Crippen LogP contribution in [-0.4, -0.2) is 20.8 Å². The SMILES string of the molecule is CC(C)(C)c1cccc2c1nc(N)n2C(=O)O. The standard InChI is InChI=1S/C12H15N3O2/c1-12(2,3)7-5-4-6-8-9(7)14-10(13)15(8)11(16)17/h4-6H,1-3H3,(H2,13,14)(H,16,17). The van der Waals surface area contributed by atoms with E-state index in [4.69, 9.17) is 10.8 Å². The second-order valence-corrected chi connectivity index (χ2v) is 5.01. The lowest BCUT2D eigenvalue weighted by Crippen LogP contribution is -2.12. The lowest BCUT2D eigenvalue weighted by atomic mass is 9.86. The quantitative estimate of drug-likeness (QED) is 0.732. The van der Waals surface area contributed by atoms with E-state index in [-0.39, 0.29) is 11.4 Å². The third-order valence-corrected chi connectivity index (χ3v) is 2.71. The molecular formula is C12H15N3O2. The Hall–Kier alpha value is -2.04. The first-order chi connectivity index (χ1) is 7.82. The number of nitrogens with zero attached hydrogens (tertiary/aromatic N) is 2. The van der Waals surface area contributed by atoms with Gasteiger partial charge in [-0.05, 0) is 17.0 Å². The Balaban J connectivity index is 2.85. The first-order valence-corrected chi connectivity index (χ1v) is 5.33. The molecule has 0 aliphatic rings. The molecule has 0 spiro atoms. The second-order valence-electron chi connectivity index (χ2n) is 5.01. The summed E-state index contributed by atoms with van der Waals surface area (Å²) in [6.07, 6.45) is -1.11. The highest BCUT2D eigenvalue weighted by Gasteiger charge is 2.22. The average molecular weight is 233 g/mol. The molecule has 0 aliphatic heterocycles. The number of hydrogen-bond acceptors (Lipinski definition) is 3. The Labute approximate surface area is 98.9 Å². The Morgan fingerprint density at radius 2 is 2.06 bits per heavy atom. The van der Waals surface area contributed by atoms with Crippen molar-refractivity contribution >= 4 is 23.1 Å². The molecule has 0 radical (unpaired) electrons. The summed E-state index contributed by atoms with van der Waals surface area (Å²) >= 11 is 0. The first-order valence-electron chi connectivity index (χ1n) is 5.33. The number of rotatable bonds is 0. The van der Waals surface area contributed by atoms with Crippen molar-refractivity contribution in [1.82, 2.24) is 9.55 Å². The Kier molecular flexibility index (Phi) is 2.34. The molecule has 0 unspecified atom stereocenters. The molecule has 1 aromatic carbocycles. The van der Waals surface area contributed by atoms with E-state index < -0.39 is 6.09 Å². The minimum atomic E-state index is -1.11.